The van der Waals surface area contributed by atoms with Gasteiger partial charge in [-0.25, -0.2) is 0 Å². The highest BCUT2D eigenvalue weighted by Crippen LogP contribution is 2.42. The summed E-state index contributed by atoms with van der Waals surface area (Å²) in [6, 6.07) is 9.24. The van der Waals surface area contributed by atoms with Crippen LogP contribution in [0.25, 0.3) is 0 Å². The molecule has 0 unspecified atom stereocenters. The molecule has 106 valence electrons. The van der Waals surface area contributed by atoms with Gasteiger partial charge in [-0.05, 0) is 44.9 Å². The third kappa shape index (κ3) is 2.19. The number of likely N-dealkylation sites (tertiary alicyclic amines) is 1. The molecule has 3 rings (SSSR count). The molecular formula is C17H23N3. The Balaban J connectivity index is 1.71. The van der Waals surface area contributed by atoms with Gasteiger partial charge in [0.15, 0.2) is 0 Å². The first-order chi connectivity index (χ1) is 9.53. The van der Waals surface area contributed by atoms with Crippen LogP contribution in [0.4, 0.5) is 5.69 Å². The molecule has 0 aliphatic carbocycles. The molecule has 2 fully saturated rings. The Kier molecular flexibility index (Phi) is 3.22. The van der Waals surface area contributed by atoms with Crippen LogP contribution in [-0.2, 0) is 0 Å². The van der Waals surface area contributed by atoms with Crippen LogP contribution in [0.3, 0.4) is 0 Å². The van der Waals surface area contributed by atoms with Crippen LogP contribution < -0.4 is 4.90 Å². The van der Waals surface area contributed by atoms with E-state index in [1.165, 1.54) is 25.2 Å². The summed E-state index contributed by atoms with van der Waals surface area (Å²) in [4.78, 5) is 5.01. The molecule has 3 heteroatoms. The van der Waals surface area contributed by atoms with Crippen LogP contribution >= 0.6 is 0 Å². The second-order valence-electron chi connectivity index (χ2n) is 6.78. The molecular weight excluding hydrogens is 246 g/mol. The fourth-order valence-electron chi connectivity index (χ4n) is 3.52. The van der Waals surface area contributed by atoms with Crippen molar-refractivity contribution in [3.63, 3.8) is 0 Å². The highest BCUT2D eigenvalue weighted by Gasteiger charge is 2.48. The van der Waals surface area contributed by atoms with Crippen LogP contribution in [0.15, 0.2) is 18.2 Å². The average molecular weight is 269 g/mol. The van der Waals surface area contributed by atoms with Crippen LogP contribution in [-0.4, -0.2) is 37.1 Å². The van der Waals surface area contributed by atoms with Crippen LogP contribution in [0.2, 0.25) is 0 Å². The second kappa shape index (κ2) is 4.79. The van der Waals surface area contributed by atoms with Crippen LogP contribution in [0, 0.1) is 23.7 Å². The number of nitriles is 1. The van der Waals surface area contributed by atoms with Crippen molar-refractivity contribution in [1.82, 2.24) is 4.90 Å². The molecule has 1 spiro atoms. The van der Waals surface area contributed by atoms with Crippen molar-refractivity contribution in [3.8, 4) is 6.07 Å². The lowest BCUT2D eigenvalue weighted by Gasteiger charge is -2.50. The number of rotatable bonds is 2. The monoisotopic (exact) mass is 269 g/mol. The molecule has 0 atom stereocenters. The van der Waals surface area contributed by atoms with Gasteiger partial charge in [-0.3, -0.25) is 4.90 Å². The van der Waals surface area contributed by atoms with Gasteiger partial charge in [-0.2, -0.15) is 5.26 Å². The smallest absolute Gasteiger partial charge is 0.0995 e. The van der Waals surface area contributed by atoms with Crippen LogP contribution in [0.1, 0.15) is 31.4 Å². The highest BCUT2D eigenvalue weighted by atomic mass is 15.3. The fourth-order valence-corrected chi connectivity index (χ4v) is 3.52. The quantitative estimate of drug-likeness (QED) is 0.827. The van der Waals surface area contributed by atoms with Gasteiger partial charge in [0.25, 0.3) is 0 Å². The molecule has 20 heavy (non-hydrogen) atoms. The minimum absolute atomic E-state index is 0.502. The third-order valence-corrected chi connectivity index (χ3v) is 4.95. The summed E-state index contributed by atoms with van der Waals surface area (Å²) in [7, 11) is 0. The van der Waals surface area contributed by atoms with Crippen molar-refractivity contribution < 1.29 is 0 Å². The van der Waals surface area contributed by atoms with Crippen molar-refractivity contribution in [2.45, 2.75) is 33.2 Å². The lowest BCUT2D eigenvalue weighted by atomic mass is 9.78. The number of anilines is 1. The fraction of sp³-hybridized carbons (Fsp3) is 0.588. The van der Waals surface area contributed by atoms with Crippen molar-refractivity contribution in [2.75, 3.05) is 31.1 Å². The van der Waals surface area contributed by atoms with E-state index in [0.29, 0.717) is 11.5 Å². The van der Waals surface area contributed by atoms with E-state index in [9.17, 15) is 0 Å². The Labute approximate surface area is 121 Å². The molecule has 0 aromatic heterocycles. The molecule has 0 saturated carbocycles. The van der Waals surface area contributed by atoms with E-state index in [2.05, 4.69) is 41.8 Å². The maximum Gasteiger partial charge on any atom is 0.0995 e. The summed E-state index contributed by atoms with van der Waals surface area (Å²) < 4.78 is 0. The lowest BCUT2D eigenvalue weighted by molar-refractivity contribution is -0.00561. The van der Waals surface area contributed by atoms with E-state index < -0.39 is 0 Å². The summed E-state index contributed by atoms with van der Waals surface area (Å²) in [6.45, 7) is 11.3. The molecule has 0 radical (unpaired) electrons. The van der Waals surface area contributed by atoms with Gasteiger partial charge in [0, 0.05) is 43.3 Å². The molecule has 0 bridgehead atoms. The average Bonchev–Trinajstić information content (AvgIpc) is 2.82. The summed E-state index contributed by atoms with van der Waals surface area (Å²) >= 11 is 0. The van der Waals surface area contributed by atoms with E-state index in [0.717, 1.165) is 24.2 Å². The molecule has 3 nitrogen and oxygen atoms in total. The Bertz CT molecular complexity index is 550. The highest BCUT2D eigenvalue weighted by molar-refractivity contribution is 5.55. The Morgan fingerprint density at radius 3 is 2.65 bits per heavy atom. The van der Waals surface area contributed by atoms with Crippen molar-refractivity contribution in [3.05, 3.63) is 29.3 Å². The van der Waals surface area contributed by atoms with Crippen molar-refractivity contribution in [1.29, 1.82) is 5.26 Å². The molecule has 2 saturated heterocycles. The standard InChI is InChI=1S/C17H23N3/c1-13(2)20-11-17(12-20)6-7-19(10-17)16-5-4-14(3)15(8-16)9-18/h4-5,8,13H,6-7,10-12H2,1-3H3. The first-order valence-corrected chi connectivity index (χ1v) is 7.53. The third-order valence-electron chi connectivity index (χ3n) is 4.95. The Morgan fingerprint density at radius 1 is 1.25 bits per heavy atom. The normalized spacial score (nSPS) is 21.2. The van der Waals surface area contributed by atoms with E-state index in [1.54, 1.807) is 0 Å². The van der Waals surface area contributed by atoms with E-state index >= 15 is 0 Å². The molecule has 2 aliphatic rings. The molecule has 2 aliphatic heterocycles. The van der Waals surface area contributed by atoms with Gasteiger partial charge in [0.2, 0.25) is 0 Å². The van der Waals surface area contributed by atoms with Crippen molar-refractivity contribution in [2.24, 2.45) is 5.41 Å². The van der Waals surface area contributed by atoms with Gasteiger partial charge < -0.3 is 4.90 Å². The Hall–Kier alpha value is -1.53. The van der Waals surface area contributed by atoms with Gasteiger partial charge in [0.05, 0.1) is 11.6 Å². The van der Waals surface area contributed by atoms with Crippen molar-refractivity contribution >= 4 is 5.69 Å². The summed E-state index contributed by atoms with van der Waals surface area (Å²) in [5.41, 5.74) is 3.59. The number of hydrogen-bond acceptors (Lipinski definition) is 3. The van der Waals surface area contributed by atoms with Gasteiger partial charge in [0.1, 0.15) is 0 Å². The maximum absolute atomic E-state index is 9.17. The number of hydrogen-bond donors (Lipinski definition) is 0. The van der Waals surface area contributed by atoms with Gasteiger partial charge in [-0.15, -0.1) is 0 Å². The van der Waals surface area contributed by atoms with E-state index in [4.69, 9.17) is 5.26 Å². The van der Waals surface area contributed by atoms with Gasteiger partial charge >= 0.3 is 0 Å². The zero-order valence-electron chi connectivity index (χ0n) is 12.7. The molecule has 0 amide bonds. The Morgan fingerprint density at radius 2 is 2.00 bits per heavy atom. The predicted molar refractivity (Wildman–Crippen MR) is 81.9 cm³/mol. The summed E-state index contributed by atoms with van der Waals surface area (Å²) in [6.07, 6.45) is 1.28. The van der Waals surface area contributed by atoms with E-state index in [1.807, 2.05) is 13.0 Å². The first-order valence-electron chi connectivity index (χ1n) is 7.53. The van der Waals surface area contributed by atoms with E-state index in [-0.39, 0.29) is 0 Å². The predicted octanol–water partition coefficient (Wildman–Crippen LogP) is 2.79. The SMILES string of the molecule is Cc1ccc(N2CCC3(C2)CN(C(C)C)C3)cc1C#N. The summed E-state index contributed by atoms with van der Waals surface area (Å²) in [5, 5.41) is 9.17. The number of benzene rings is 1. The second-order valence-corrected chi connectivity index (χ2v) is 6.78. The lowest BCUT2D eigenvalue weighted by Crippen LogP contribution is -2.59. The molecule has 0 N–H and O–H groups in total. The van der Waals surface area contributed by atoms with Gasteiger partial charge in [-0.1, -0.05) is 6.07 Å². The zero-order valence-corrected chi connectivity index (χ0v) is 12.7. The number of aryl methyl sites for hydroxylation is 1. The van der Waals surface area contributed by atoms with Crippen LogP contribution in [0.5, 0.6) is 0 Å². The zero-order chi connectivity index (χ0) is 14.3. The largest absolute Gasteiger partial charge is 0.371 e. The topological polar surface area (TPSA) is 30.3 Å². The number of nitrogens with zero attached hydrogens (tertiary/aromatic N) is 3. The first kappa shape index (κ1) is 13.5. The minimum Gasteiger partial charge on any atom is -0.371 e. The maximum atomic E-state index is 9.17. The molecule has 2 heterocycles. The molecule has 1 aromatic carbocycles. The minimum atomic E-state index is 0.502. The molecule has 1 aromatic rings. The summed E-state index contributed by atoms with van der Waals surface area (Å²) in [5.74, 6) is 0.